The van der Waals surface area contributed by atoms with Crippen LogP contribution in [0, 0.1) is 5.92 Å². The fraction of sp³-hybridized carbons (Fsp3) is 0.533. The Hall–Kier alpha value is -1.00. The number of thioether (sulfide) groups is 1. The van der Waals surface area contributed by atoms with E-state index in [2.05, 4.69) is 0 Å². The molecule has 0 saturated heterocycles. The van der Waals surface area contributed by atoms with Crippen LogP contribution in [-0.2, 0) is 4.79 Å². The van der Waals surface area contributed by atoms with Crippen LogP contribution in [0.4, 0.5) is 0 Å². The molecule has 106 valence electrons. The molecule has 2 unspecified atom stereocenters. The lowest BCUT2D eigenvalue weighted by molar-refractivity contribution is -0.128. The molecule has 0 radical (unpaired) electrons. The Labute approximate surface area is 120 Å². The van der Waals surface area contributed by atoms with Crippen LogP contribution >= 0.6 is 11.8 Å². The Balaban J connectivity index is 2.44. The van der Waals surface area contributed by atoms with Crippen molar-refractivity contribution in [2.75, 3.05) is 25.2 Å². The number of hydrogen-bond donors (Lipinski definition) is 1. The number of benzene rings is 1. The van der Waals surface area contributed by atoms with Crippen LogP contribution < -0.4 is 0 Å². The topological polar surface area (TPSA) is 40.5 Å². The number of nitrogens with zero attached hydrogens (tertiary/aromatic N) is 1. The summed E-state index contributed by atoms with van der Waals surface area (Å²) in [6.07, 6.45) is 0. The van der Waals surface area contributed by atoms with Gasteiger partial charge in [-0.2, -0.15) is 11.8 Å². The maximum absolute atomic E-state index is 12.1. The van der Waals surface area contributed by atoms with Crippen molar-refractivity contribution in [3.63, 3.8) is 0 Å². The number of rotatable bonds is 7. The first-order valence-corrected chi connectivity index (χ1v) is 7.71. The van der Waals surface area contributed by atoms with E-state index >= 15 is 0 Å². The third-order valence-corrected chi connectivity index (χ3v) is 4.45. The summed E-state index contributed by atoms with van der Waals surface area (Å²) in [6, 6.07) is 10.1. The number of amides is 1. The van der Waals surface area contributed by atoms with Crippen LogP contribution in [0.15, 0.2) is 30.3 Å². The van der Waals surface area contributed by atoms with E-state index in [1.54, 1.807) is 16.7 Å². The van der Waals surface area contributed by atoms with E-state index in [0.29, 0.717) is 5.75 Å². The summed E-state index contributed by atoms with van der Waals surface area (Å²) in [5, 5.41) is 8.94. The third-order valence-electron chi connectivity index (χ3n) is 3.20. The minimum atomic E-state index is 0.0876. The van der Waals surface area contributed by atoms with Crippen LogP contribution in [0.25, 0.3) is 0 Å². The molecule has 0 bridgehead atoms. The van der Waals surface area contributed by atoms with Gasteiger partial charge in [0, 0.05) is 13.7 Å². The van der Waals surface area contributed by atoms with Gasteiger partial charge in [-0.25, -0.2) is 0 Å². The molecule has 0 aromatic heterocycles. The molecule has 0 fully saturated rings. The largest absolute Gasteiger partial charge is 0.396 e. The summed E-state index contributed by atoms with van der Waals surface area (Å²) in [5.41, 5.74) is 1.15. The Morgan fingerprint density at radius 2 is 1.95 bits per heavy atom. The van der Waals surface area contributed by atoms with E-state index in [0.717, 1.165) is 11.3 Å². The first kappa shape index (κ1) is 16.1. The molecule has 0 aliphatic rings. The van der Waals surface area contributed by atoms with Gasteiger partial charge < -0.3 is 10.0 Å². The van der Waals surface area contributed by atoms with Crippen molar-refractivity contribution in [1.82, 2.24) is 4.90 Å². The summed E-state index contributed by atoms with van der Waals surface area (Å²) in [5.74, 6) is 1.66. The second-order valence-electron chi connectivity index (χ2n) is 4.89. The van der Waals surface area contributed by atoms with E-state index in [4.69, 9.17) is 5.11 Å². The van der Waals surface area contributed by atoms with Crippen molar-refractivity contribution in [2.24, 2.45) is 5.92 Å². The van der Waals surface area contributed by atoms with Crippen molar-refractivity contribution in [3.05, 3.63) is 35.9 Å². The van der Waals surface area contributed by atoms with E-state index in [-0.39, 0.29) is 24.5 Å². The van der Waals surface area contributed by atoms with Crippen molar-refractivity contribution in [3.8, 4) is 0 Å². The summed E-state index contributed by atoms with van der Waals surface area (Å²) in [6.45, 7) is 4.19. The van der Waals surface area contributed by atoms with Crippen molar-refractivity contribution >= 4 is 17.7 Å². The molecule has 1 aromatic rings. The van der Waals surface area contributed by atoms with Gasteiger partial charge in [-0.1, -0.05) is 37.3 Å². The molecule has 1 rings (SSSR count). The first-order chi connectivity index (χ1) is 9.06. The Bertz CT molecular complexity index is 383. The molecule has 2 atom stereocenters. The van der Waals surface area contributed by atoms with Gasteiger partial charge in [-0.15, -0.1) is 0 Å². The smallest absolute Gasteiger partial charge is 0.232 e. The minimum Gasteiger partial charge on any atom is -0.396 e. The van der Waals surface area contributed by atoms with Crippen molar-refractivity contribution in [1.29, 1.82) is 0 Å². The maximum Gasteiger partial charge on any atom is 0.232 e. The predicted octanol–water partition coefficient (Wildman–Crippen LogP) is 2.57. The summed E-state index contributed by atoms with van der Waals surface area (Å²) >= 11 is 1.58. The third kappa shape index (κ3) is 5.25. The van der Waals surface area contributed by atoms with Crippen LogP contribution in [0.1, 0.15) is 25.5 Å². The van der Waals surface area contributed by atoms with Crippen molar-refractivity contribution in [2.45, 2.75) is 19.9 Å². The van der Waals surface area contributed by atoms with Gasteiger partial charge >= 0.3 is 0 Å². The molecular weight excluding hydrogens is 258 g/mol. The number of hydrogen-bond acceptors (Lipinski definition) is 3. The fourth-order valence-electron chi connectivity index (χ4n) is 1.67. The molecule has 0 aliphatic heterocycles. The molecule has 1 N–H and O–H groups in total. The fourth-order valence-corrected chi connectivity index (χ4v) is 2.68. The maximum atomic E-state index is 12.1. The van der Waals surface area contributed by atoms with Gasteiger partial charge in [0.2, 0.25) is 5.91 Å². The Morgan fingerprint density at radius 3 is 2.53 bits per heavy atom. The standard InChI is InChI=1S/C15H23NO2S/c1-12(9-17)10-19-11-15(18)16(3)13(2)14-7-5-4-6-8-14/h4-8,12-13,17H,9-11H2,1-3H3. The van der Waals surface area contributed by atoms with Crippen LogP contribution in [0.5, 0.6) is 0 Å². The SMILES string of the molecule is CC(CO)CSCC(=O)N(C)C(C)c1ccccc1. The summed E-state index contributed by atoms with van der Waals surface area (Å²) in [4.78, 5) is 13.9. The summed E-state index contributed by atoms with van der Waals surface area (Å²) < 4.78 is 0. The van der Waals surface area contributed by atoms with Gasteiger partial charge in [-0.05, 0) is 24.2 Å². The zero-order valence-electron chi connectivity index (χ0n) is 11.9. The molecule has 4 heteroatoms. The first-order valence-electron chi connectivity index (χ1n) is 6.55. The summed E-state index contributed by atoms with van der Waals surface area (Å²) in [7, 11) is 1.84. The lowest BCUT2D eigenvalue weighted by Crippen LogP contribution is -2.31. The van der Waals surface area contributed by atoms with Crippen molar-refractivity contribution < 1.29 is 9.90 Å². The van der Waals surface area contributed by atoms with Gasteiger partial charge in [0.25, 0.3) is 0 Å². The van der Waals surface area contributed by atoms with E-state index < -0.39 is 0 Å². The zero-order valence-corrected chi connectivity index (χ0v) is 12.7. The van der Waals surface area contributed by atoms with Crippen LogP contribution in [-0.4, -0.2) is 41.1 Å². The number of aliphatic hydroxyl groups is 1. The molecule has 19 heavy (non-hydrogen) atoms. The van der Waals surface area contributed by atoms with E-state index in [9.17, 15) is 4.79 Å². The monoisotopic (exact) mass is 281 g/mol. The molecule has 3 nitrogen and oxygen atoms in total. The second-order valence-corrected chi connectivity index (χ2v) is 5.92. The van der Waals surface area contributed by atoms with Gasteiger partial charge in [0.1, 0.15) is 0 Å². The van der Waals surface area contributed by atoms with Crippen LogP contribution in [0.3, 0.4) is 0 Å². The molecule has 0 saturated carbocycles. The average molecular weight is 281 g/mol. The highest BCUT2D eigenvalue weighted by atomic mass is 32.2. The Kier molecular flexibility index (Phi) is 6.95. The van der Waals surface area contributed by atoms with Gasteiger partial charge in [0.05, 0.1) is 11.8 Å². The molecule has 1 amide bonds. The number of carbonyl (C=O) groups is 1. The molecular formula is C15H23NO2S. The average Bonchev–Trinajstić information content (AvgIpc) is 2.46. The van der Waals surface area contributed by atoms with Gasteiger partial charge in [-0.3, -0.25) is 4.79 Å². The number of aliphatic hydroxyl groups excluding tert-OH is 1. The lowest BCUT2D eigenvalue weighted by Gasteiger charge is -2.25. The van der Waals surface area contributed by atoms with E-state index in [1.807, 2.05) is 51.2 Å². The highest BCUT2D eigenvalue weighted by Gasteiger charge is 2.17. The predicted molar refractivity (Wildman–Crippen MR) is 81.2 cm³/mol. The zero-order chi connectivity index (χ0) is 14.3. The van der Waals surface area contributed by atoms with Gasteiger partial charge in [0.15, 0.2) is 0 Å². The highest BCUT2D eigenvalue weighted by molar-refractivity contribution is 7.99. The lowest BCUT2D eigenvalue weighted by atomic mass is 10.1. The molecule has 1 aromatic carbocycles. The minimum absolute atomic E-state index is 0.0876. The highest BCUT2D eigenvalue weighted by Crippen LogP contribution is 2.19. The second kappa shape index (κ2) is 8.23. The molecule has 0 heterocycles. The quantitative estimate of drug-likeness (QED) is 0.835. The Morgan fingerprint density at radius 1 is 1.32 bits per heavy atom. The van der Waals surface area contributed by atoms with Crippen LogP contribution in [0.2, 0.25) is 0 Å². The number of carbonyl (C=O) groups excluding carboxylic acids is 1. The molecule has 0 aliphatic carbocycles. The normalized spacial score (nSPS) is 13.9. The molecule has 0 spiro atoms. The van der Waals surface area contributed by atoms with E-state index in [1.165, 1.54) is 0 Å².